The molecule has 39 heavy (non-hydrogen) atoms. The molecule has 1 heterocycles. The van der Waals surface area contributed by atoms with Crippen molar-refractivity contribution in [2.24, 2.45) is 0 Å². The van der Waals surface area contributed by atoms with E-state index in [0.29, 0.717) is 27.7 Å². The van der Waals surface area contributed by atoms with Gasteiger partial charge in [0.2, 0.25) is 5.91 Å². The summed E-state index contributed by atoms with van der Waals surface area (Å²) in [4.78, 5) is 27.9. The number of rotatable bonds is 7. The van der Waals surface area contributed by atoms with E-state index in [4.69, 9.17) is 0 Å². The van der Waals surface area contributed by atoms with Gasteiger partial charge in [-0.2, -0.15) is 5.26 Å². The highest BCUT2D eigenvalue weighted by Gasteiger charge is 2.28. The molecule has 2 N–H and O–H groups in total. The number of aryl methyl sites for hydroxylation is 1. The molecule has 0 aliphatic heterocycles. The normalized spacial score (nSPS) is 15.1. The highest BCUT2D eigenvalue weighted by Crippen LogP contribution is 2.42. The maximum atomic E-state index is 13.2. The molecule has 5 nitrogen and oxygen atoms in total. The summed E-state index contributed by atoms with van der Waals surface area (Å²) in [7, 11) is 0. The Balaban J connectivity index is 1.24. The molecule has 0 saturated heterocycles. The van der Waals surface area contributed by atoms with Gasteiger partial charge in [0.1, 0.15) is 11.1 Å². The second kappa shape index (κ2) is 11.9. The van der Waals surface area contributed by atoms with Crippen molar-refractivity contribution < 1.29 is 9.59 Å². The number of nitriles is 1. The van der Waals surface area contributed by atoms with E-state index in [2.05, 4.69) is 41.0 Å². The van der Waals surface area contributed by atoms with Crippen LogP contribution < -0.4 is 10.6 Å². The predicted molar refractivity (Wildman–Crippen MR) is 160 cm³/mol. The summed E-state index contributed by atoms with van der Waals surface area (Å²) >= 11 is 2.95. The van der Waals surface area contributed by atoms with E-state index < -0.39 is 5.25 Å². The SMILES string of the molecule is Cc1ccccc1C(=O)Nc1cccc(SC(C)C(=O)Nc2sc3c(c2C#N)CCC(c2ccccc2)C3)c1. The van der Waals surface area contributed by atoms with Gasteiger partial charge in [0.05, 0.1) is 10.8 Å². The largest absolute Gasteiger partial charge is 0.322 e. The molecule has 0 bridgehead atoms. The van der Waals surface area contributed by atoms with Gasteiger partial charge in [0, 0.05) is 21.0 Å². The van der Waals surface area contributed by atoms with E-state index >= 15 is 0 Å². The second-order valence-corrected chi connectivity index (χ2v) is 12.2. The summed E-state index contributed by atoms with van der Waals surface area (Å²) in [5, 5.41) is 16.1. The Morgan fingerprint density at radius 2 is 1.79 bits per heavy atom. The number of thiophene rings is 1. The molecule has 5 rings (SSSR count). The molecule has 2 amide bonds. The molecule has 0 fully saturated rings. The summed E-state index contributed by atoms with van der Waals surface area (Å²) in [5.74, 6) is 0.116. The van der Waals surface area contributed by atoms with Gasteiger partial charge in [-0.3, -0.25) is 9.59 Å². The summed E-state index contributed by atoms with van der Waals surface area (Å²) in [6.45, 7) is 3.76. The van der Waals surface area contributed by atoms with Crippen molar-refractivity contribution in [2.75, 3.05) is 10.6 Å². The van der Waals surface area contributed by atoms with Gasteiger partial charge in [0.25, 0.3) is 5.91 Å². The third-order valence-corrected chi connectivity index (χ3v) is 9.31. The standard InChI is InChI=1S/C32H29N3O2S2/c1-20-9-6-7-14-26(20)31(37)34-24-12-8-13-25(18-24)38-21(2)30(36)35-32-28(19-33)27-16-15-23(17-29(27)39-32)22-10-4-3-5-11-22/h3-14,18,21,23H,15-17H2,1-2H3,(H,34,37)(H,35,36). The maximum Gasteiger partial charge on any atom is 0.255 e. The van der Waals surface area contributed by atoms with Crippen molar-refractivity contribution in [1.82, 2.24) is 0 Å². The number of fused-ring (bicyclic) bond motifs is 1. The zero-order valence-electron chi connectivity index (χ0n) is 21.9. The van der Waals surface area contributed by atoms with Crippen molar-refractivity contribution in [2.45, 2.75) is 49.2 Å². The lowest BCUT2D eigenvalue weighted by Gasteiger charge is -2.22. The average molecular weight is 552 g/mol. The number of nitrogens with one attached hydrogen (secondary N) is 2. The van der Waals surface area contributed by atoms with E-state index in [9.17, 15) is 14.9 Å². The lowest BCUT2D eigenvalue weighted by molar-refractivity contribution is -0.115. The average Bonchev–Trinajstić information content (AvgIpc) is 3.29. The molecule has 7 heteroatoms. The van der Waals surface area contributed by atoms with Crippen LogP contribution in [0.5, 0.6) is 0 Å². The van der Waals surface area contributed by atoms with Crippen LogP contribution in [0.3, 0.4) is 0 Å². The van der Waals surface area contributed by atoms with Crippen molar-refractivity contribution in [1.29, 1.82) is 5.26 Å². The third-order valence-electron chi connectivity index (χ3n) is 7.05. The highest BCUT2D eigenvalue weighted by atomic mass is 32.2. The van der Waals surface area contributed by atoms with Gasteiger partial charge in [0.15, 0.2) is 0 Å². The fourth-order valence-electron chi connectivity index (χ4n) is 4.95. The lowest BCUT2D eigenvalue weighted by atomic mass is 9.83. The molecular formula is C32H29N3O2S2. The van der Waals surface area contributed by atoms with Crippen LogP contribution in [0, 0.1) is 18.3 Å². The van der Waals surface area contributed by atoms with Crippen LogP contribution in [0.1, 0.15) is 56.8 Å². The summed E-state index contributed by atoms with van der Waals surface area (Å²) < 4.78 is 0. The number of carbonyl (C=O) groups excluding carboxylic acids is 2. The van der Waals surface area contributed by atoms with Crippen LogP contribution in [-0.2, 0) is 17.6 Å². The molecule has 0 spiro atoms. The fraction of sp³-hybridized carbons (Fsp3) is 0.219. The van der Waals surface area contributed by atoms with Gasteiger partial charge < -0.3 is 10.6 Å². The van der Waals surface area contributed by atoms with Crippen molar-refractivity contribution in [3.63, 3.8) is 0 Å². The lowest BCUT2D eigenvalue weighted by Crippen LogP contribution is -2.22. The number of hydrogen-bond donors (Lipinski definition) is 2. The number of hydrogen-bond acceptors (Lipinski definition) is 5. The molecule has 0 saturated carbocycles. The summed E-state index contributed by atoms with van der Waals surface area (Å²) in [6, 6.07) is 27.8. The van der Waals surface area contributed by atoms with E-state index in [0.717, 1.165) is 35.3 Å². The smallest absolute Gasteiger partial charge is 0.255 e. The third kappa shape index (κ3) is 6.08. The fourth-order valence-corrected chi connectivity index (χ4v) is 7.15. The number of thioether (sulfide) groups is 1. The van der Waals surface area contributed by atoms with E-state index in [1.807, 2.05) is 62.4 Å². The Labute approximate surface area is 237 Å². The zero-order chi connectivity index (χ0) is 27.4. The first-order valence-corrected chi connectivity index (χ1v) is 14.7. The predicted octanol–water partition coefficient (Wildman–Crippen LogP) is 7.57. The Morgan fingerprint density at radius 1 is 1.03 bits per heavy atom. The van der Waals surface area contributed by atoms with Crippen LogP contribution >= 0.6 is 23.1 Å². The van der Waals surface area contributed by atoms with E-state index in [1.165, 1.54) is 33.5 Å². The maximum absolute atomic E-state index is 13.2. The van der Waals surface area contributed by atoms with Crippen LogP contribution in [0.15, 0.2) is 83.8 Å². The number of anilines is 2. The van der Waals surface area contributed by atoms with Crippen LogP contribution in [0.2, 0.25) is 0 Å². The van der Waals surface area contributed by atoms with Gasteiger partial charge in [-0.25, -0.2) is 0 Å². The molecule has 1 aliphatic carbocycles. The molecule has 1 aliphatic rings. The number of carbonyl (C=O) groups is 2. The monoisotopic (exact) mass is 551 g/mol. The topological polar surface area (TPSA) is 82.0 Å². The molecular weight excluding hydrogens is 523 g/mol. The minimum atomic E-state index is -0.393. The first kappa shape index (κ1) is 26.7. The second-order valence-electron chi connectivity index (χ2n) is 9.72. The first-order chi connectivity index (χ1) is 18.9. The molecule has 4 aromatic rings. The molecule has 3 aromatic carbocycles. The molecule has 196 valence electrons. The van der Waals surface area contributed by atoms with Crippen LogP contribution in [0.25, 0.3) is 0 Å². The number of benzene rings is 3. The number of amides is 2. The van der Waals surface area contributed by atoms with Crippen molar-refractivity contribution in [3.8, 4) is 6.07 Å². The van der Waals surface area contributed by atoms with Crippen LogP contribution in [-0.4, -0.2) is 17.1 Å². The quantitative estimate of drug-likeness (QED) is 0.232. The molecule has 0 radical (unpaired) electrons. The Bertz CT molecular complexity index is 1560. The van der Waals surface area contributed by atoms with Crippen LogP contribution in [0.4, 0.5) is 10.7 Å². The van der Waals surface area contributed by atoms with E-state index in [-0.39, 0.29) is 11.8 Å². The van der Waals surface area contributed by atoms with Crippen molar-refractivity contribution >= 4 is 45.6 Å². The Hall–Kier alpha value is -3.86. The van der Waals surface area contributed by atoms with Gasteiger partial charge >= 0.3 is 0 Å². The summed E-state index contributed by atoms with van der Waals surface area (Å²) in [6.07, 6.45) is 2.73. The molecule has 2 unspecified atom stereocenters. The highest BCUT2D eigenvalue weighted by molar-refractivity contribution is 8.00. The summed E-state index contributed by atoms with van der Waals surface area (Å²) in [5.41, 5.74) is 5.23. The van der Waals surface area contributed by atoms with Crippen molar-refractivity contribution in [3.05, 3.63) is 112 Å². The molecule has 2 atom stereocenters. The minimum absolute atomic E-state index is 0.149. The van der Waals surface area contributed by atoms with Gasteiger partial charge in [-0.05, 0) is 80.0 Å². The minimum Gasteiger partial charge on any atom is -0.322 e. The Morgan fingerprint density at radius 3 is 2.56 bits per heavy atom. The first-order valence-electron chi connectivity index (χ1n) is 13.0. The van der Waals surface area contributed by atoms with Gasteiger partial charge in [-0.15, -0.1) is 23.1 Å². The number of nitrogens with zero attached hydrogens (tertiary/aromatic N) is 1. The Kier molecular flexibility index (Phi) is 8.16. The molecule has 1 aromatic heterocycles. The zero-order valence-corrected chi connectivity index (χ0v) is 23.5. The van der Waals surface area contributed by atoms with E-state index in [1.54, 1.807) is 6.07 Å². The van der Waals surface area contributed by atoms with Gasteiger partial charge in [-0.1, -0.05) is 54.6 Å².